The molecule has 28 valence electrons. The normalized spacial score (nSPS) is 4.50. The molecule has 0 aromatic heterocycles. The minimum absolute atomic E-state index is 0. The maximum atomic E-state index is 4.51. The summed E-state index contributed by atoms with van der Waals surface area (Å²) in [6.45, 7) is 0. The number of nitrogens with one attached hydrogen (secondary N) is 1. The fraction of sp³-hybridized carbons (Fsp3) is 0. The van der Waals surface area contributed by atoms with Gasteiger partial charge in [-0.05, 0) is 23.6 Å². The zero-order valence-electron chi connectivity index (χ0n) is 1.96. The lowest BCUT2D eigenvalue weighted by atomic mass is 13.9. The van der Waals surface area contributed by atoms with Gasteiger partial charge in [-0.2, -0.15) is 9.90 Å². The fourth-order valence-corrected chi connectivity index (χ4v) is 0. The Morgan fingerprint density at radius 2 is 1.25 bits per heavy atom. The van der Waals surface area contributed by atoms with Gasteiger partial charge >= 0.3 is 0 Å². The van der Waals surface area contributed by atoms with Crippen LogP contribution in [0, 0.1) is 0 Å². The van der Waals surface area contributed by atoms with Gasteiger partial charge in [-0.15, -0.1) is 4.35 Å². The van der Waals surface area contributed by atoms with Gasteiger partial charge in [-0.3, -0.25) is 0 Å². The summed E-state index contributed by atoms with van der Waals surface area (Å²) in [7, 11) is 0. The molecule has 4 heteroatoms. The molecule has 0 heterocycles. The fourth-order valence-electron chi connectivity index (χ4n) is 0. The molecule has 0 spiro atoms. The molecule has 4 heavy (non-hydrogen) atoms. The summed E-state index contributed by atoms with van der Waals surface area (Å²) < 4.78 is 1.69. The van der Waals surface area contributed by atoms with Crippen molar-refractivity contribution in [1.29, 1.82) is 0 Å². The average molecular weight is 120 g/mol. The van der Waals surface area contributed by atoms with E-state index in [0.29, 0.717) is 0 Å². The van der Waals surface area contributed by atoms with Crippen LogP contribution in [0.25, 0.3) is 0 Å². The van der Waals surface area contributed by atoms with E-state index in [1.54, 1.807) is 4.35 Å². The summed E-state index contributed by atoms with van der Waals surface area (Å²) in [6.07, 6.45) is 0. The van der Waals surface area contributed by atoms with E-state index in [0.717, 1.165) is 0 Å². The first-order valence-electron chi connectivity index (χ1n) is 0.378. The Hall–Kier alpha value is 0.970. The molecule has 0 aliphatic carbocycles. The van der Waals surface area contributed by atoms with Crippen LogP contribution in [0.15, 0.2) is 0 Å². The maximum Gasteiger partial charge on any atom is -0.00838 e. The molecule has 0 bridgehead atoms. The van der Waals surface area contributed by atoms with E-state index < -0.39 is 0 Å². The van der Waals surface area contributed by atoms with Crippen LogP contribution in [0.4, 0.5) is 0 Å². The summed E-state index contributed by atoms with van der Waals surface area (Å²) in [4.78, 5) is 0. The molecular formula is H4Cl2NP. The summed E-state index contributed by atoms with van der Waals surface area (Å²) in [5.41, 5.74) is 0. The van der Waals surface area contributed by atoms with Crippen LogP contribution in [0.1, 0.15) is 0 Å². The highest BCUT2D eigenvalue weighted by Crippen LogP contribution is 1.57. The van der Waals surface area contributed by atoms with Crippen molar-refractivity contribution in [3.63, 3.8) is 0 Å². The molecule has 0 radical (unpaired) electrons. The summed E-state index contributed by atoms with van der Waals surface area (Å²) in [6, 6.07) is 0. The van der Waals surface area contributed by atoms with E-state index in [2.05, 4.69) is 23.6 Å². The van der Waals surface area contributed by atoms with E-state index in [1.165, 1.54) is 0 Å². The average Bonchev–Trinajstić information content (AvgIpc) is 0.918. The Morgan fingerprint density at radius 3 is 1.25 bits per heavy atom. The third kappa shape index (κ3) is 12.3. The zero-order chi connectivity index (χ0) is 2.71. The van der Waals surface area contributed by atoms with E-state index >= 15 is 0 Å². The predicted molar refractivity (Wildman–Crippen MR) is 25.9 cm³/mol. The van der Waals surface area contributed by atoms with Crippen LogP contribution in [-0.4, -0.2) is 0 Å². The Bertz CT molecular complexity index is 6.00. The second-order valence-electron chi connectivity index (χ2n) is 0.0714. The quantitative estimate of drug-likeness (QED) is 0.370. The van der Waals surface area contributed by atoms with Gasteiger partial charge < -0.3 is 0 Å². The van der Waals surface area contributed by atoms with Crippen molar-refractivity contribution in [2.45, 2.75) is 0 Å². The van der Waals surface area contributed by atoms with Crippen molar-refractivity contribution in [3.8, 4) is 0 Å². The predicted octanol–water partition coefficient (Wildman–Crippen LogP) is 0.942. The largest absolute Gasteiger partial charge is 0.153 e. The van der Waals surface area contributed by atoms with E-state index in [9.17, 15) is 0 Å². The summed E-state index contributed by atoms with van der Waals surface area (Å²) in [5, 5.41) is 0. The molecule has 0 saturated carbocycles. The minimum Gasteiger partial charge on any atom is -0.153 e. The molecule has 0 aliphatic heterocycles. The first kappa shape index (κ1) is 8.88. The van der Waals surface area contributed by atoms with Crippen LogP contribution in [0.5, 0.6) is 0 Å². The second-order valence-corrected chi connectivity index (χ2v) is 0.643. The maximum absolute atomic E-state index is 4.51. The highest BCUT2D eigenvalue weighted by atomic mass is 35.5. The molecule has 1 atom stereocenters. The van der Waals surface area contributed by atoms with Gasteiger partial charge in [-0.25, -0.2) is 0 Å². The van der Waals surface area contributed by atoms with Crippen LogP contribution in [0.2, 0.25) is 0 Å². The van der Waals surface area contributed by atoms with Crippen molar-refractivity contribution in [2.75, 3.05) is 0 Å². The monoisotopic (exact) mass is 119 g/mol. The molecule has 1 unspecified atom stereocenters. The number of hydrogen-bond donors (Lipinski definition) is 1. The standard InChI is InChI=1S/Cl2HN.H3P/c1-3-2;/h3H;1H3. The molecule has 0 amide bonds. The van der Waals surface area contributed by atoms with Gasteiger partial charge in [-0.1, -0.05) is 0 Å². The number of hydrogen-bond acceptors (Lipinski definition) is 1. The van der Waals surface area contributed by atoms with Gasteiger partial charge in [0.1, 0.15) is 0 Å². The van der Waals surface area contributed by atoms with Crippen molar-refractivity contribution in [3.05, 3.63) is 0 Å². The molecule has 0 aromatic carbocycles. The molecule has 0 saturated heterocycles. The minimum atomic E-state index is 0. The Balaban J connectivity index is 0. The molecule has 0 fully saturated rings. The van der Waals surface area contributed by atoms with Crippen LogP contribution in [0.3, 0.4) is 0 Å². The smallest absolute Gasteiger partial charge is 0.00838 e. The molecule has 0 aromatic rings. The third-order valence-corrected chi connectivity index (χ3v) is 0. The van der Waals surface area contributed by atoms with Crippen molar-refractivity contribution >= 4 is 33.5 Å². The highest BCUT2D eigenvalue weighted by Gasteiger charge is 1.34. The molecule has 0 rings (SSSR count). The van der Waals surface area contributed by atoms with Crippen LogP contribution in [-0.2, 0) is 0 Å². The van der Waals surface area contributed by atoms with Gasteiger partial charge in [0.05, 0.1) is 0 Å². The Labute approximate surface area is 38.5 Å². The van der Waals surface area contributed by atoms with Crippen molar-refractivity contribution in [2.24, 2.45) is 0 Å². The summed E-state index contributed by atoms with van der Waals surface area (Å²) in [5.74, 6) is 0. The molecular weight excluding hydrogens is 116 g/mol. The van der Waals surface area contributed by atoms with E-state index in [1.807, 2.05) is 0 Å². The topological polar surface area (TPSA) is 12.0 Å². The highest BCUT2D eigenvalue weighted by molar-refractivity contribution is 6.92. The molecule has 1 nitrogen and oxygen atoms in total. The lowest BCUT2D eigenvalue weighted by Gasteiger charge is -1.49. The van der Waals surface area contributed by atoms with Crippen LogP contribution < -0.4 is 4.35 Å². The lowest BCUT2D eigenvalue weighted by Crippen LogP contribution is -1.59. The van der Waals surface area contributed by atoms with E-state index in [4.69, 9.17) is 0 Å². The van der Waals surface area contributed by atoms with E-state index in [-0.39, 0.29) is 9.90 Å². The second kappa shape index (κ2) is 9.02. The third-order valence-electron chi connectivity index (χ3n) is 0. The summed E-state index contributed by atoms with van der Waals surface area (Å²) >= 11 is 9.03. The van der Waals surface area contributed by atoms with Gasteiger partial charge in [0.15, 0.2) is 0 Å². The lowest BCUT2D eigenvalue weighted by molar-refractivity contribution is 1.69. The van der Waals surface area contributed by atoms with Crippen LogP contribution >= 0.6 is 33.5 Å². The zero-order valence-corrected chi connectivity index (χ0v) is 4.89. The molecule has 0 aliphatic rings. The van der Waals surface area contributed by atoms with Gasteiger partial charge in [0, 0.05) is 0 Å². The Kier molecular flexibility index (Phi) is 20.0. The number of halogens is 2. The number of rotatable bonds is 0. The SMILES string of the molecule is ClNCl.P. The van der Waals surface area contributed by atoms with Gasteiger partial charge in [0.25, 0.3) is 0 Å². The van der Waals surface area contributed by atoms with Crippen molar-refractivity contribution < 1.29 is 0 Å². The van der Waals surface area contributed by atoms with Crippen molar-refractivity contribution in [1.82, 2.24) is 4.35 Å². The van der Waals surface area contributed by atoms with Gasteiger partial charge in [0.2, 0.25) is 0 Å². The Morgan fingerprint density at radius 1 is 1.25 bits per heavy atom. The molecule has 1 N–H and O–H groups in total. The first-order chi connectivity index (χ1) is 1.41. The first-order valence-corrected chi connectivity index (χ1v) is 1.13.